The Labute approximate surface area is 349 Å². The SMILES string of the molecule is CC(C)(C)c1ccc(N2B3c4cc5sc6ccccc6c5cc4-n4c5ccc6c7ccccc7oc6c5c5ccc(c3c54)-c3cc4c(cc32)C(C)(C)CCC4(C)C)cc1. The first kappa shape index (κ1) is 34.1. The maximum Gasteiger partial charge on any atom is 0.333 e. The minimum absolute atomic E-state index is 0.0490. The van der Waals surface area contributed by atoms with Crippen molar-refractivity contribution in [3.63, 3.8) is 0 Å². The maximum absolute atomic E-state index is 6.86. The predicted molar refractivity (Wildman–Crippen MR) is 254 cm³/mol. The van der Waals surface area contributed by atoms with Gasteiger partial charge in [-0.1, -0.05) is 109 Å². The second kappa shape index (κ2) is 11.1. The third kappa shape index (κ3) is 4.39. The van der Waals surface area contributed by atoms with Gasteiger partial charge in [-0.25, -0.2) is 0 Å². The van der Waals surface area contributed by atoms with E-state index in [0.717, 1.165) is 16.6 Å². The lowest BCUT2D eigenvalue weighted by molar-refractivity contribution is 0.332. The molecule has 59 heavy (non-hydrogen) atoms. The van der Waals surface area contributed by atoms with Crippen molar-refractivity contribution in [2.75, 3.05) is 4.81 Å². The summed E-state index contributed by atoms with van der Waals surface area (Å²) < 4.78 is 12.1. The second-order valence-corrected chi connectivity index (χ2v) is 21.0. The standard InChI is InChI=1S/C54H45BN2OS/c1-52(2,3)30-16-18-31(19-17-30)57-43-28-40-39(53(4,5)24-25-54(40,6)7)26-37(43)34-20-21-36-48-42(23-22-35-32-12-8-10-14-45(32)58-51(35)48)56-44-27-38-33-13-9-11-15-46(33)59-47(38)29-41(44)55(57)49(34)50(36)56/h8-23,26-29H,24-25H2,1-7H3. The quantitative estimate of drug-likeness (QED) is 0.155. The minimum atomic E-state index is -0.0490. The third-order valence-corrected chi connectivity index (χ3v) is 15.7. The fourth-order valence-corrected chi connectivity index (χ4v) is 12.5. The van der Waals surface area contributed by atoms with Crippen LogP contribution >= 0.6 is 11.3 Å². The Balaban J connectivity index is 1.22. The summed E-state index contributed by atoms with van der Waals surface area (Å²) in [7, 11) is 0. The number of furan rings is 1. The van der Waals surface area contributed by atoms with E-state index in [9.17, 15) is 0 Å². The molecule has 3 aromatic heterocycles. The lowest BCUT2D eigenvalue weighted by atomic mass is 9.43. The monoisotopic (exact) mass is 780 g/mol. The van der Waals surface area contributed by atoms with Gasteiger partial charge in [0, 0.05) is 59.0 Å². The molecular weight excluding hydrogens is 735 g/mol. The number of rotatable bonds is 1. The molecule has 5 heteroatoms. The lowest BCUT2D eigenvalue weighted by Gasteiger charge is -2.46. The van der Waals surface area contributed by atoms with E-state index >= 15 is 0 Å². The van der Waals surface area contributed by atoms with Crippen molar-refractivity contribution in [2.24, 2.45) is 0 Å². The van der Waals surface area contributed by atoms with Crippen molar-refractivity contribution in [1.82, 2.24) is 4.57 Å². The van der Waals surface area contributed by atoms with Crippen LogP contribution < -0.4 is 15.7 Å². The normalized spacial score (nSPS) is 16.5. The molecule has 0 unspecified atom stereocenters. The van der Waals surface area contributed by atoms with Gasteiger partial charge >= 0.3 is 6.85 Å². The molecule has 0 bridgehead atoms. The molecule has 13 rings (SSSR count). The Hall–Kier alpha value is -5.78. The van der Waals surface area contributed by atoms with Crippen LogP contribution in [0.25, 0.3) is 80.7 Å². The molecule has 3 aliphatic rings. The van der Waals surface area contributed by atoms with Crippen LogP contribution in [0.15, 0.2) is 126 Å². The van der Waals surface area contributed by atoms with Gasteiger partial charge in [-0.15, -0.1) is 11.3 Å². The molecule has 0 saturated carbocycles. The van der Waals surface area contributed by atoms with Crippen molar-refractivity contribution in [3.8, 4) is 16.8 Å². The number of fused-ring (bicyclic) bond motifs is 16. The Morgan fingerprint density at radius 1 is 0.627 bits per heavy atom. The lowest BCUT2D eigenvalue weighted by Crippen LogP contribution is -2.60. The number of nitrogens with zero attached hydrogens (tertiary/aromatic N) is 2. The van der Waals surface area contributed by atoms with Crippen LogP contribution in [0.3, 0.4) is 0 Å². The van der Waals surface area contributed by atoms with E-state index in [1.807, 2.05) is 11.3 Å². The molecule has 286 valence electrons. The highest BCUT2D eigenvalue weighted by molar-refractivity contribution is 7.26. The van der Waals surface area contributed by atoms with E-state index in [1.165, 1.54) is 116 Å². The molecule has 7 aromatic carbocycles. The van der Waals surface area contributed by atoms with E-state index in [4.69, 9.17) is 4.42 Å². The Morgan fingerprint density at radius 3 is 2.12 bits per heavy atom. The fraction of sp³-hybridized carbons (Fsp3) is 0.222. The molecule has 0 spiro atoms. The summed E-state index contributed by atoms with van der Waals surface area (Å²) in [5.41, 5.74) is 18.1. The van der Waals surface area contributed by atoms with E-state index in [2.05, 4.69) is 179 Å². The van der Waals surface area contributed by atoms with Crippen molar-refractivity contribution in [2.45, 2.75) is 77.6 Å². The van der Waals surface area contributed by atoms with Gasteiger partial charge in [0.05, 0.1) is 16.4 Å². The first-order valence-corrected chi connectivity index (χ1v) is 22.2. The number of anilines is 2. The second-order valence-electron chi connectivity index (χ2n) is 20.0. The van der Waals surface area contributed by atoms with Gasteiger partial charge in [-0.05, 0) is 123 Å². The molecule has 0 N–H and O–H groups in total. The molecule has 5 heterocycles. The van der Waals surface area contributed by atoms with Gasteiger partial charge in [-0.2, -0.15) is 0 Å². The van der Waals surface area contributed by atoms with Crippen LogP contribution in [-0.4, -0.2) is 11.4 Å². The van der Waals surface area contributed by atoms with Crippen molar-refractivity contribution < 1.29 is 4.42 Å². The van der Waals surface area contributed by atoms with Crippen molar-refractivity contribution in [3.05, 3.63) is 138 Å². The molecule has 0 atom stereocenters. The number of thiophene rings is 1. The van der Waals surface area contributed by atoms with Gasteiger partial charge < -0.3 is 13.8 Å². The first-order chi connectivity index (χ1) is 28.4. The van der Waals surface area contributed by atoms with Gasteiger partial charge in [-0.3, -0.25) is 0 Å². The van der Waals surface area contributed by atoms with Crippen LogP contribution in [0.2, 0.25) is 0 Å². The fourth-order valence-electron chi connectivity index (χ4n) is 11.3. The van der Waals surface area contributed by atoms with E-state index in [1.54, 1.807) is 0 Å². The third-order valence-electron chi connectivity index (χ3n) is 14.6. The van der Waals surface area contributed by atoms with Crippen LogP contribution in [0.4, 0.5) is 11.4 Å². The van der Waals surface area contributed by atoms with Crippen LogP contribution in [0.5, 0.6) is 0 Å². The largest absolute Gasteiger partial charge is 0.455 e. The summed E-state index contributed by atoms with van der Waals surface area (Å²) in [6.07, 6.45) is 2.36. The highest BCUT2D eigenvalue weighted by atomic mass is 32.1. The van der Waals surface area contributed by atoms with Gasteiger partial charge in [0.15, 0.2) is 0 Å². The highest BCUT2D eigenvalue weighted by Gasteiger charge is 2.46. The summed E-state index contributed by atoms with van der Waals surface area (Å²) >= 11 is 1.92. The zero-order valence-corrected chi connectivity index (χ0v) is 35.6. The number of hydrogen-bond donors (Lipinski definition) is 0. The molecule has 0 fully saturated rings. The highest BCUT2D eigenvalue weighted by Crippen LogP contribution is 2.53. The zero-order chi connectivity index (χ0) is 39.9. The van der Waals surface area contributed by atoms with Crippen LogP contribution in [-0.2, 0) is 16.2 Å². The van der Waals surface area contributed by atoms with Gasteiger partial charge in [0.2, 0.25) is 0 Å². The summed E-state index contributed by atoms with van der Waals surface area (Å²) in [6, 6.07) is 46.7. The number of benzene rings is 7. The summed E-state index contributed by atoms with van der Waals surface area (Å²) in [6.45, 7) is 16.7. The van der Waals surface area contributed by atoms with Crippen LogP contribution in [0, 0.1) is 0 Å². The van der Waals surface area contributed by atoms with Crippen LogP contribution in [0.1, 0.15) is 78.0 Å². The molecule has 0 saturated heterocycles. The molecular formula is C54H45BN2OS. The molecule has 1 aliphatic carbocycles. The maximum atomic E-state index is 6.86. The molecule has 0 radical (unpaired) electrons. The molecule has 0 amide bonds. The molecule has 3 nitrogen and oxygen atoms in total. The topological polar surface area (TPSA) is 21.3 Å². The Morgan fingerprint density at radius 2 is 1.34 bits per heavy atom. The molecule has 10 aromatic rings. The van der Waals surface area contributed by atoms with Gasteiger partial charge in [0.25, 0.3) is 0 Å². The summed E-state index contributed by atoms with van der Waals surface area (Å²) in [5.74, 6) is 0. The van der Waals surface area contributed by atoms with Crippen molar-refractivity contribution >= 4 is 104 Å². The Bertz CT molecular complexity index is 3500. The minimum Gasteiger partial charge on any atom is -0.455 e. The number of aromatic nitrogens is 1. The summed E-state index contributed by atoms with van der Waals surface area (Å²) in [5, 5.41) is 7.42. The smallest absolute Gasteiger partial charge is 0.333 e. The number of para-hydroxylation sites is 1. The summed E-state index contributed by atoms with van der Waals surface area (Å²) in [4.78, 5) is 2.72. The van der Waals surface area contributed by atoms with Crippen molar-refractivity contribution in [1.29, 1.82) is 0 Å². The van der Waals surface area contributed by atoms with Gasteiger partial charge in [0.1, 0.15) is 11.2 Å². The van der Waals surface area contributed by atoms with E-state index in [-0.39, 0.29) is 23.1 Å². The molecule has 2 aliphatic heterocycles. The van der Waals surface area contributed by atoms with E-state index in [0.29, 0.717) is 0 Å². The first-order valence-electron chi connectivity index (χ1n) is 21.3. The zero-order valence-electron chi connectivity index (χ0n) is 34.7. The number of hydrogen-bond acceptors (Lipinski definition) is 3. The van der Waals surface area contributed by atoms with E-state index < -0.39 is 0 Å². The average molecular weight is 781 g/mol. The Kier molecular flexibility index (Phi) is 6.41. The predicted octanol–water partition coefficient (Wildman–Crippen LogP) is 13.9. The average Bonchev–Trinajstić information content (AvgIpc) is 3.90.